The average molecular weight is 464 g/mol. The van der Waals surface area contributed by atoms with Gasteiger partial charge in [0.1, 0.15) is 6.26 Å². The van der Waals surface area contributed by atoms with E-state index in [-0.39, 0.29) is 5.91 Å². The number of oxazole rings is 1. The number of carbonyl (C=O) groups is 1. The highest BCUT2D eigenvalue weighted by atomic mass is 32.2. The molecule has 0 atom stereocenters. The number of rotatable bonds is 6. The standard InChI is InChI=1S/C24H25N5O3S/c1-16-8-10-28(11-9-16)23(30)19-14-32-21(25-19)15-33-24-27-26-22(20-7-4-12-31-20)29(24)18-6-3-5-17(2)13-18/h3-7,12-14,16H,8-11,15H2,1-2H3. The Hall–Kier alpha value is -3.33. The topological polar surface area (TPSA) is 90.2 Å². The summed E-state index contributed by atoms with van der Waals surface area (Å²) in [7, 11) is 0. The summed E-state index contributed by atoms with van der Waals surface area (Å²) in [4.78, 5) is 19.1. The zero-order valence-corrected chi connectivity index (χ0v) is 19.4. The van der Waals surface area contributed by atoms with E-state index in [0.717, 1.165) is 37.2 Å². The van der Waals surface area contributed by atoms with Gasteiger partial charge in [0, 0.05) is 13.1 Å². The Bertz CT molecular complexity index is 1240. The summed E-state index contributed by atoms with van der Waals surface area (Å²) in [5, 5.41) is 9.43. The zero-order valence-electron chi connectivity index (χ0n) is 18.6. The minimum atomic E-state index is -0.0649. The molecule has 9 heteroatoms. The molecule has 3 aromatic heterocycles. The van der Waals surface area contributed by atoms with Crippen molar-refractivity contribution < 1.29 is 13.6 Å². The molecule has 1 fully saturated rings. The van der Waals surface area contributed by atoms with Crippen LogP contribution in [0.25, 0.3) is 17.3 Å². The van der Waals surface area contributed by atoms with Crippen molar-refractivity contribution in [3.05, 3.63) is 66.1 Å². The molecule has 4 heterocycles. The van der Waals surface area contributed by atoms with Gasteiger partial charge in [-0.25, -0.2) is 4.98 Å². The normalized spacial score (nSPS) is 14.7. The van der Waals surface area contributed by atoms with Crippen LogP contribution < -0.4 is 0 Å². The number of hydrogen-bond donors (Lipinski definition) is 0. The van der Waals surface area contributed by atoms with E-state index in [4.69, 9.17) is 8.83 Å². The van der Waals surface area contributed by atoms with Crippen molar-refractivity contribution in [1.82, 2.24) is 24.6 Å². The van der Waals surface area contributed by atoms with Gasteiger partial charge in [-0.05, 0) is 55.5 Å². The van der Waals surface area contributed by atoms with E-state index in [0.29, 0.717) is 40.0 Å². The summed E-state index contributed by atoms with van der Waals surface area (Å²) >= 11 is 1.45. The monoisotopic (exact) mass is 463 g/mol. The van der Waals surface area contributed by atoms with Crippen molar-refractivity contribution in [3.8, 4) is 17.3 Å². The van der Waals surface area contributed by atoms with Gasteiger partial charge in [0.2, 0.25) is 11.7 Å². The molecule has 1 aliphatic heterocycles. The fourth-order valence-electron chi connectivity index (χ4n) is 3.90. The number of furan rings is 1. The lowest BCUT2D eigenvalue weighted by atomic mass is 9.99. The molecule has 1 aliphatic rings. The summed E-state index contributed by atoms with van der Waals surface area (Å²) in [5.74, 6) is 2.76. The first-order valence-electron chi connectivity index (χ1n) is 11.0. The largest absolute Gasteiger partial charge is 0.461 e. The van der Waals surface area contributed by atoms with Crippen LogP contribution in [0.1, 0.15) is 41.7 Å². The van der Waals surface area contributed by atoms with Crippen LogP contribution in [-0.2, 0) is 5.75 Å². The lowest BCUT2D eigenvalue weighted by molar-refractivity contribution is 0.0691. The van der Waals surface area contributed by atoms with E-state index in [1.165, 1.54) is 18.0 Å². The van der Waals surface area contributed by atoms with Crippen LogP contribution in [0.2, 0.25) is 0 Å². The van der Waals surface area contributed by atoms with Crippen molar-refractivity contribution in [2.24, 2.45) is 5.92 Å². The Morgan fingerprint density at radius 3 is 2.76 bits per heavy atom. The maximum atomic E-state index is 12.8. The van der Waals surface area contributed by atoms with Crippen molar-refractivity contribution in [1.29, 1.82) is 0 Å². The Morgan fingerprint density at radius 1 is 1.15 bits per heavy atom. The third-order valence-electron chi connectivity index (χ3n) is 5.80. The fourth-order valence-corrected chi connectivity index (χ4v) is 4.71. The first-order chi connectivity index (χ1) is 16.1. The van der Waals surface area contributed by atoms with E-state index in [9.17, 15) is 4.79 Å². The van der Waals surface area contributed by atoms with Gasteiger partial charge in [-0.1, -0.05) is 30.8 Å². The van der Waals surface area contributed by atoms with Gasteiger partial charge in [-0.2, -0.15) is 0 Å². The lowest BCUT2D eigenvalue weighted by Crippen LogP contribution is -2.38. The zero-order chi connectivity index (χ0) is 22.8. The summed E-state index contributed by atoms with van der Waals surface area (Å²) in [6, 6.07) is 11.8. The Labute approximate surface area is 196 Å². The molecule has 8 nitrogen and oxygen atoms in total. The molecular formula is C24H25N5O3S. The van der Waals surface area contributed by atoms with Crippen molar-refractivity contribution in [2.45, 2.75) is 37.6 Å². The van der Waals surface area contributed by atoms with E-state index in [1.54, 1.807) is 6.26 Å². The van der Waals surface area contributed by atoms with Crippen LogP contribution in [0.5, 0.6) is 0 Å². The van der Waals surface area contributed by atoms with Crippen LogP contribution in [-0.4, -0.2) is 43.6 Å². The van der Waals surface area contributed by atoms with Crippen LogP contribution in [0.15, 0.2) is 62.9 Å². The predicted octanol–water partition coefficient (Wildman–Crippen LogP) is 4.99. The van der Waals surface area contributed by atoms with Crippen LogP contribution >= 0.6 is 11.8 Å². The Morgan fingerprint density at radius 2 is 2.00 bits per heavy atom. The maximum Gasteiger partial charge on any atom is 0.275 e. The first-order valence-corrected chi connectivity index (χ1v) is 12.0. The summed E-state index contributed by atoms with van der Waals surface area (Å²) in [6.07, 6.45) is 5.12. The third kappa shape index (κ3) is 4.59. The molecule has 1 amide bonds. The number of amides is 1. The number of aromatic nitrogens is 4. The molecule has 5 rings (SSSR count). The molecule has 33 heavy (non-hydrogen) atoms. The van der Waals surface area contributed by atoms with Gasteiger partial charge in [0.15, 0.2) is 16.6 Å². The number of benzene rings is 1. The van der Waals surface area contributed by atoms with Gasteiger partial charge in [-0.3, -0.25) is 9.36 Å². The first kappa shape index (κ1) is 21.5. The summed E-state index contributed by atoms with van der Waals surface area (Å²) in [6.45, 7) is 5.81. The molecular weight excluding hydrogens is 438 g/mol. The molecule has 4 aromatic rings. The maximum absolute atomic E-state index is 12.8. The molecule has 0 radical (unpaired) electrons. The Kier molecular flexibility index (Phi) is 6.04. The van der Waals surface area contributed by atoms with E-state index >= 15 is 0 Å². The second-order valence-electron chi connectivity index (χ2n) is 8.35. The van der Waals surface area contributed by atoms with Crippen LogP contribution in [0, 0.1) is 12.8 Å². The number of likely N-dealkylation sites (tertiary alicyclic amines) is 1. The SMILES string of the molecule is Cc1cccc(-n2c(SCc3nc(C(=O)N4CCC(C)CC4)co3)nnc2-c2ccco2)c1. The third-order valence-corrected chi connectivity index (χ3v) is 6.71. The van der Waals surface area contributed by atoms with Gasteiger partial charge in [-0.15, -0.1) is 10.2 Å². The van der Waals surface area contributed by atoms with Gasteiger partial charge >= 0.3 is 0 Å². The minimum absolute atomic E-state index is 0.0649. The van der Waals surface area contributed by atoms with E-state index in [2.05, 4.69) is 28.2 Å². The quantitative estimate of drug-likeness (QED) is 0.372. The molecule has 0 unspecified atom stereocenters. The summed E-state index contributed by atoms with van der Waals surface area (Å²) < 4.78 is 13.1. The second kappa shape index (κ2) is 9.27. The molecule has 0 saturated carbocycles. The molecule has 1 aromatic carbocycles. The highest BCUT2D eigenvalue weighted by molar-refractivity contribution is 7.98. The highest BCUT2D eigenvalue weighted by Gasteiger charge is 2.24. The van der Waals surface area contributed by atoms with E-state index < -0.39 is 0 Å². The Balaban J connectivity index is 1.35. The van der Waals surface area contributed by atoms with Crippen LogP contribution in [0.4, 0.5) is 0 Å². The molecule has 0 N–H and O–H groups in total. The fraction of sp³-hybridized carbons (Fsp3) is 0.333. The minimum Gasteiger partial charge on any atom is -0.461 e. The number of nitrogens with zero attached hydrogens (tertiary/aromatic N) is 5. The second-order valence-corrected chi connectivity index (χ2v) is 9.29. The molecule has 1 saturated heterocycles. The highest BCUT2D eigenvalue weighted by Crippen LogP contribution is 2.30. The number of thioether (sulfide) groups is 1. The number of aryl methyl sites for hydroxylation is 1. The number of piperidine rings is 1. The number of hydrogen-bond acceptors (Lipinski definition) is 7. The molecule has 170 valence electrons. The molecule has 0 spiro atoms. The smallest absolute Gasteiger partial charge is 0.275 e. The van der Waals surface area contributed by atoms with Gasteiger partial charge in [0.25, 0.3) is 5.91 Å². The van der Waals surface area contributed by atoms with Crippen molar-refractivity contribution in [3.63, 3.8) is 0 Å². The van der Waals surface area contributed by atoms with Gasteiger partial charge in [0.05, 0.1) is 17.7 Å². The predicted molar refractivity (Wildman–Crippen MR) is 124 cm³/mol. The van der Waals surface area contributed by atoms with E-state index in [1.807, 2.05) is 46.7 Å². The summed E-state index contributed by atoms with van der Waals surface area (Å²) in [5.41, 5.74) is 2.43. The molecule has 0 aliphatic carbocycles. The average Bonchev–Trinajstić information content (AvgIpc) is 3.58. The molecule has 0 bridgehead atoms. The van der Waals surface area contributed by atoms with Crippen molar-refractivity contribution in [2.75, 3.05) is 13.1 Å². The number of carbonyl (C=O) groups excluding carboxylic acids is 1. The van der Waals surface area contributed by atoms with Gasteiger partial charge < -0.3 is 13.7 Å². The van der Waals surface area contributed by atoms with Crippen molar-refractivity contribution >= 4 is 17.7 Å². The van der Waals surface area contributed by atoms with Crippen LogP contribution in [0.3, 0.4) is 0 Å². The lowest BCUT2D eigenvalue weighted by Gasteiger charge is -2.29.